The molecule has 2 rings (SSSR count). The molecule has 1 heterocycles. The molecule has 0 aliphatic rings. The van der Waals surface area contributed by atoms with Gasteiger partial charge in [-0.15, -0.1) is 0 Å². The van der Waals surface area contributed by atoms with Crippen molar-refractivity contribution >= 4 is 33.9 Å². The molecule has 0 N–H and O–H groups in total. The molecule has 0 saturated carbocycles. The number of halogens is 1. The third kappa shape index (κ3) is 6.53. The summed E-state index contributed by atoms with van der Waals surface area (Å²) < 4.78 is 16.2. The summed E-state index contributed by atoms with van der Waals surface area (Å²) >= 11 is 3.25. The van der Waals surface area contributed by atoms with Crippen LogP contribution in [0.15, 0.2) is 34.8 Å². The molecule has 154 valence electrons. The van der Waals surface area contributed by atoms with Gasteiger partial charge in [-0.3, -0.25) is 14.9 Å². The first-order valence-electron chi connectivity index (χ1n) is 8.70. The normalized spacial score (nSPS) is 10.3. The second-order valence-corrected chi connectivity index (χ2v) is 6.68. The lowest BCUT2D eigenvalue weighted by Gasteiger charge is -2.09. The molecule has 29 heavy (non-hydrogen) atoms. The number of esters is 1. The lowest BCUT2D eigenvalue weighted by molar-refractivity contribution is -0.385. The van der Waals surface area contributed by atoms with Crippen LogP contribution in [0.1, 0.15) is 40.1 Å². The molecule has 0 aliphatic carbocycles. The van der Waals surface area contributed by atoms with E-state index in [-0.39, 0.29) is 16.9 Å². The van der Waals surface area contributed by atoms with Gasteiger partial charge >= 0.3 is 5.97 Å². The van der Waals surface area contributed by atoms with Gasteiger partial charge in [-0.05, 0) is 47.3 Å². The van der Waals surface area contributed by atoms with E-state index < -0.39 is 10.9 Å². The Balaban J connectivity index is 1.74. The number of pyridine rings is 1. The van der Waals surface area contributed by atoms with E-state index in [1.54, 1.807) is 18.2 Å². The highest BCUT2D eigenvalue weighted by atomic mass is 79.9. The summed E-state index contributed by atoms with van der Waals surface area (Å²) in [4.78, 5) is 36.8. The number of aldehydes is 1. The molecule has 0 radical (unpaired) electrons. The highest BCUT2D eigenvalue weighted by molar-refractivity contribution is 9.10. The molecule has 1 aromatic carbocycles. The van der Waals surface area contributed by atoms with Crippen LogP contribution in [-0.4, -0.2) is 42.5 Å². The maximum absolute atomic E-state index is 11.4. The Morgan fingerprint density at radius 2 is 1.93 bits per heavy atom. The highest BCUT2D eigenvalue weighted by Crippen LogP contribution is 2.32. The monoisotopic (exact) mass is 466 g/mol. The van der Waals surface area contributed by atoms with Crippen molar-refractivity contribution in [3.63, 3.8) is 0 Å². The van der Waals surface area contributed by atoms with Crippen LogP contribution in [0.5, 0.6) is 11.6 Å². The van der Waals surface area contributed by atoms with Crippen molar-refractivity contribution in [3.05, 3.63) is 56.2 Å². The lowest BCUT2D eigenvalue weighted by atomic mass is 10.2. The Labute approximate surface area is 175 Å². The zero-order chi connectivity index (χ0) is 21.2. The van der Waals surface area contributed by atoms with Crippen molar-refractivity contribution in [2.24, 2.45) is 0 Å². The number of hydrogen-bond donors (Lipinski definition) is 0. The molecule has 0 saturated heterocycles. The molecular formula is C19H19BrN2O7. The summed E-state index contributed by atoms with van der Waals surface area (Å²) in [7, 11) is 1.28. The van der Waals surface area contributed by atoms with Crippen molar-refractivity contribution < 1.29 is 28.7 Å². The largest absolute Gasteiger partial charge is 0.492 e. The molecular weight excluding hydrogens is 448 g/mol. The van der Waals surface area contributed by atoms with E-state index in [1.807, 2.05) is 0 Å². The molecule has 9 nitrogen and oxygen atoms in total. The number of carbonyl (C=O) groups excluding carboxylic acids is 2. The van der Waals surface area contributed by atoms with Crippen LogP contribution >= 0.6 is 15.9 Å². The Bertz CT molecular complexity index is 889. The number of benzene rings is 1. The summed E-state index contributed by atoms with van der Waals surface area (Å²) in [6.07, 6.45) is 2.67. The Kier molecular flexibility index (Phi) is 8.53. The van der Waals surface area contributed by atoms with Gasteiger partial charge in [0.05, 0.1) is 41.3 Å². The van der Waals surface area contributed by atoms with Crippen molar-refractivity contribution in [2.75, 3.05) is 20.3 Å². The number of hydrogen-bond acceptors (Lipinski definition) is 8. The number of nitro benzene ring substituents is 1. The Morgan fingerprint density at radius 1 is 1.21 bits per heavy atom. The first-order valence-corrected chi connectivity index (χ1v) is 9.49. The fourth-order valence-corrected chi connectivity index (χ4v) is 2.85. The van der Waals surface area contributed by atoms with E-state index in [9.17, 15) is 19.7 Å². The van der Waals surface area contributed by atoms with Crippen molar-refractivity contribution in [1.29, 1.82) is 0 Å². The fourth-order valence-electron chi connectivity index (χ4n) is 2.37. The molecule has 0 spiro atoms. The second kappa shape index (κ2) is 11.1. The summed E-state index contributed by atoms with van der Waals surface area (Å²) in [5.74, 6) is 0.123. The van der Waals surface area contributed by atoms with Crippen LogP contribution in [-0.2, 0) is 4.74 Å². The smallest absolute Gasteiger partial charge is 0.356 e. The van der Waals surface area contributed by atoms with Gasteiger partial charge in [-0.2, -0.15) is 0 Å². The minimum absolute atomic E-state index is 0.0174. The van der Waals surface area contributed by atoms with Gasteiger partial charge in [-0.25, -0.2) is 9.78 Å². The predicted molar refractivity (Wildman–Crippen MR) is 107 cm³/mol. The minimum atomic E-state index is -0.621. The van der Waals surface area contributed by atoms with Crippen LogP contribution in [0.4, 0.5) is 5.69 Å². The van der Waals surface area contributed by atoms with Crippen LogP contribution in [0.2, 0.25) is 0 Å². The maximum Gasteiger partial charge on any atom is 0.356 e. The number of aromatic nitrogens is 1. The van der Waals surface area contributed by atoms with Crippen molar-refractivity contribution in [3.8, 4) is 11.6 Å². The number of methoxy groups -OCH3 is 1. The lowest BCUT2D eigenvalue weighted by Crippen LogP contribution is -2.06. The van der Waals surface area contributed by atoms with Crippen LogP contribution in [0.25, 0.3) is 0 Å². The number of rotatable bonds is 11. The summed E-state index contributed by atoms with van der Waals surface area (Å²) in [6.45, 7) is 0.771. The summed E-state index contributed by atoms with van der Waals surface area (Å²) in [5.41, 5.74) is -0.136. The highest BCUT2D eigenvalue weighted by Gasteiger charge is 2.17. The Hall–Kier alpha value is -3.01. The Morgan fingerprint density at radius 3 is 2.59 bits per heavy atom. The molecule has 1 aromatic heterocycles. The zero-order valence-electron chi connectivity index (χ0n) is 15.6. The van der Waals surface area contributed by atoms with Gasteiger partial charge in [0.15, 0.2) is 12.0 Å². The summed E-state index contributed by atoms with van der Waals surface area (Å²) in [5, 5.41) is 11.0. The van der Waals surface area contributed by atoms with Gasteiger partial charge in [0.2, 0.25) is 5.88 Å². The fraction of sp³-hybridized carbons (Fsp3) is 0.316. The number of nitrogens with zero attached hydrogens (tertiary/aromatic N) is 2. The van der Waals surface area contributed by atoms with Gasteiger partial charge in [0, 0.05) is 6.07 Å². The predicted octanol–water partition coefficient (Wildman–Crippen LogP) is 3.98. The SMILES string of the molecule is COC(=O)c1cccc(OCCCCCOc2cc([N+](=O)[O-])c(C=O)cc2Br)n1. The number of nitro groups is 1. The second-order valence-electron chi connectivity index (χ2n) is 5.83. The third-order valence-electron chi connectivity index (χ3n) is 3.82. The van der Waals surface area contributed by atoms with Gasteiger partial charge in [0.1, 0.15) is 5.75 Å². The van der Waals surface area contributed by atoms with E-state index in [0.29, 0.717) is 42.0 Å². The molecule has 2 aromatic rings. The van der Waals surface area contributed by atoms with Crippen molar-refractivity contribution in [2.45, 2.75) is 19.3 Å². The van der Waals surface area contributed by atoms with Gasteiger partial charge < -0.3 is 14.2 Å². The first-order chi connectivity index (χ1) is 14.0. The maximum atomic E-state index is 11.4. The third-order valence-corrected chi connectivity index (χ3v) is 4.44. The molecule has 0 fully saturated rings. The summed E-state index contributed by atoms with van der Waals surface area (Å²) in [6, 6.07) is 7.46. The average Bonchev–Trinajstić information content (AvgIpc) is 2.73. The number of ether oxygens (including phenoxy) is 3. The average molecular weight is 467 g/mol. The van der Waals surface area contributed by atoms with Crippen molar-refractivity contribution in [1.82, 2.24) is 4.98 Å². The van der Waals surface area contributed by atoms with E-state index >= 15 is 0 Å². The van der Waals surface area contributed by atoms with Crippen LogP contribution in [0.3, 0.4) is 0 Å². The van der Waals surface area contributed by atoms with E-state index in [4.69, 9.17) is 9.47 Å². The topological polar surface area (TPSA) is 118 Å². The molecule has 10 heteroatoms. The molecule has 0 bridgehead atoms. The molecule has 0 atom stereocenters. The molecule has 0 amide bonds. The van der Waals surface area contributed by atoms with Crippen LogP contribution < -0.4 is 9.47 Å². The van der Waals surface area contributed by atoms with E-state index in [2.05, 4.69) is 25.7 Å². The van der Waals surface area contributed by atoms with E-state index in [0.717, 1.165) is 12.8 Å². The first kappa shape index (κ1) is 22.3. The van der Waals surface area contributed by atoms with Gasteiger partial charge in [-0.1, -0.05) is 6.07 Å². The molecule has 0 unspecified atom stereocenters. The van der Waals surface area contributed by atoms with Gasteiger partial charge in [0.25, 0.3) is 5.69 Å². The molecule has 0 aliphatic heterocycles. The van der Waals surface area contributed by atoms with E-state index in [1.165, 1.54) is 19.2 Å². The zero-order valence-corrected chi connectivity index (χ0v) is 17.2. The number of unbranched alkanes of at least 4 members (excludes halogenated alkanes) is 2. The quantitative estimate of drug-likeness (QED) is 0.160. The minimum Gasteiger partial charge on any atom is -0.492 e. The standard InChI is InChI=1S/C19H19BrN2O7/c1-27-19(24)15-6-5-7-18(21-15)29-9-4-2-3-8-28-17-11-16(22(25)26)13(12-23)10-14(17)20/h5-7,10-12H,2-4,8-9H2,1H3. The number of carbonyl (C=O) groups is 2. The van der Waals surface area contributed by atoms with Crippen LogP contribution in [0, 0.1) is 10.1 Å².